The molecule has 2 aromatic heterocycles. The second-order valence-electron chi connectivity index (χ2n) is 3.97. The lowest BCUT2D eigenvalue weighted by Gasteiger charge is -2.17. The van der Waals surface area contributed by atoms with Crippen LogP contribution in [0.4, 0.5) is 11.6 Å². The molecule has 6 heteroatoms. The number of nitrogens with two attached hydrogens (primary N) is 1. The predicted molar refractivity (Wildman–Crippen MR) is 74.0 cm³/mol. The van der Waals surface area contributed by atoms with Gasteiger partial charge in [-0.05, 0) is 26.0 Å². The number of rotatable bonds is 4. The fraction of sp³-hybridized carbons (Fsp3) is 0.308. The molecular weight excluding hydrogens is 240 g/mol. The summed E-state index contributed by atoms with van der Waals surface area (Å²) in [6, 6.07) is 7.60. The fourth-order valence-electron chi connectivity index (χ4n) is 1.92. The lowest BCUT2D eigenvalue weighted by atomic mass is 10.3. The van der Waals surface area contributed by atoms with Crippen LogP contribution >= 0.6 is 0 Å². The molecule has 2 aromatic rings. The lowest BCUT2D eigenvalue weighted by molar-refractivity contribution is 0.798. The first-order valence-corrected chi connectivity index (χ1v) is 6.17. The average Bonchev–Trinajstić information content (AvgIpc) is 2.78. The van der Waals surface area contributed by atoms with Crippen molar-refractivity contribution in [2.75, 3.05) is 23.7 Å². The van der Waals surface area contributed by atoms with E-state index in [4.69, 9.17) is 5.73 Å². The van der Waals surface area contributed by atoms with E-state index in [1.54, 1.807) is 12.3 Å². The molecule has 0 spiro atoms. The molecule has 0 amide bonds. The van der Waals surface area contributed by atoms with Crippen LogP contribution in [0.25, 0.3) is 5.82 Å². The van der Waals surface area contributed by atoms with Crippen molar-refractivity contribution in [1.82, 2.24) is 14.8 Å². The van der Waals surface area contributed by atoms with Crippen molar-refractivity contribution in [1.29, 1.82) is 5.26 Å². The Morgan fingerprint density at radius 1 is 1.37 bits per heavy atom. The molecule has 0 aromatic carbocycles. The average molecular weight is 256 g/mol. The summed E-state index contributed by atoms with van der Waals surface area (Å²) in [5.74, 6) is 1.54. The summed E-state index contributed by atoms with van der Waals surface area (Å²) < 4.78 is 1.51. The SMILES string of the molecule is CCN(CC)c1nn(-c2ccccn2)c(N)c1C#N. The number of pyridine rings is 1. The van der Waals surface area contributed by atoms with Gasteiger partial charge in [0, 0.05) is 19.3 Å². The number of nitrogens with zero attached hydrogens (tertiary/aromatic N) is 5. The van der Waals surface area contributed by atoms with Crippen molar-refractivity contribution in [2.24, 2.45) is 0 Å². The Morgan fingerprint density at radius 3 is 2.63 bits per heavy atom. The highest BCUT2D eigenvalue weighted by Gasteiger charge is 2.20. The van der Waals surface area contributed by atoms with E-state index >= 15 is 0 Å². The van der Waals surface area contributed by atoms with E-state index in [9.17, 15) is 5.26 Å². The van der Waals surface area contributed by atoms with Gasteiger partial charge in [-0.3, -0.25) is 0 Å². The van der Waals surface area contributed by atoms with E-state index in [1.807, 2.05) is 30.9 Å². The van der Waals surface area contributed by atoms with Crippen molar-refractivity contribution in [3.8, 4) is 11.9 Å². The minimum atomic E-state index is 0.322. The number of anilines is 2. The summed E-state index contributed by atoms with van der Waals surface area (Å²) in [5, 5.41) is 13.7. The van der Waals surface area contributed by atoms with Crippen LogP contribution in [0.5, 0.6) is 0 Å². The third kappa shape index (κ3) is 2.22. The second kappa shape index (κ2) is 5.40. The molecule has 0 bridgehead atoms. The molecule has 0 aliphatic carbocycles. The van der Waals surface area contributed by atoms with Gasteiger partial charge in [-0.15, -0.1) is 5.10 Å². The second-order valence-corrected chi connectivity index (χ2v) is 3.97. The van der Waals surface area contributed by atoms with Crippen molar-refractivity contribution in [3.05, 3.63) is 30.0 Å². The van der Waals surface area contributed by atoms with Gasteiger partial charge in [0.2, 0.25) is 0 Å². The summed E-state index contributed by atoms with van der Waals surface area (Å²) in [6.45, 7) is 5.56. The fourth-order valence-corrected chi connectivity index (χ4v) is 1.92. The van der Waals surface area contributed by atoms with Gasteiger partial charge >= 0.3 is 0 Å². The maximum atomic E-state index is 9.27. The van der Waals surface area contributed by atoms with Crippen LogP contribution in [0.2, 0.25) is 0 Å². The first kappa shape index (κ1) is 12.9. The topological polar surface area (TPSA) is 83.8 Å². The Morgan fingerprint density at radius 2 is 2.11 bits per heavy atom. The first-order chi connectivity index (χ1) is 9.22. The highest BCUT2D eigenvalue weighted by atomic mass is 15.4. The molecule has 2 rings (SSSR count). The Kier molecular flexibility index (Phi) is 3.66. The first-order valence-electron chi connectivity index (χ1n) is 6.17. The summed E-state index contributed by atoms with van der Waals surface area (Å²) in [7, 11) is 0. The molecule has 0 saturated heterocycles. The van der Waals surface area contributed by atoms with E-state index in [0.717, 1.165) is 13.1 Å². The van der Waals surface area contributed by atoms with Crippen LogP contribution in [0, 0.1) is 11.3 Å². The maximum Gasteiger partial charge on any atom is 0.171 e. The van der Waals surface area contributed by atoms with Gasteiger partial charge in [0.15, 0.2) is 11.6 Å². The number of nitriles is 1. The molecular formula is C13H16N6. The van der Waals surface area contributed by atoms with E-state index in [2.05, 4.69) is 16.2 Å². The summed E-state index contributed by atoms with van der Waals surface area (Å²) >= 11 is 0. The Hall–Kier alpha value is -2.55. The minimum absolute atomic E-state index is 0.322. The van der Waals surface area contributed by atoms with E-state index in [1.165, 1.54) is 4.68 Å². The third-order valence-corrected chi connectivity index (χ3v) is 2.94. The van der Waals surface area contributed by atoms with Crippen molar-refractivity contribution in [3.63, 3.8) is 0 Å². The molecule has 2 N–H and O–H groups in total. The van der Waals surface area contributed by atoms with Gasteiger partial charge in [0.25, 0.3) is 0 Å². The van der Waals surface area contributed by atoms with Gasteiger partial charge in [0.1, 0.15) is 17.5 Å². The highest BCUT2D eigenvalue weighted by molar-refractivity contribution is 5.66. The predicted octanol–water partition coefficient (Wildman–Crippen LogP) is 1.57. The monoisotopic (exact) mass is 256 g/mol. The minimum Gasteiger partial charge on any atom is -0.382 e. The molecule has 0 radical (unpaired) electrons. The number of aromatic nitrogens is 3. The van der Waals surface area contributed by atoms with Gasteiger partial charge in [-0.25, -0.2) is 4.98 Å². The van der Waals surface area contributed by atoms with Crippen LogP contribution in [0.15, 0.2) is 24.4 Å². The van der Waals surface area contributed by atoms with Crippen molar-refractivity contribution >= 4 is 11.6 Å². The molecule has 0 atom stereocenters. The highest BCUT2D eigenvalue weighted by Crippen LogP contribution is 2.26. The number of nitrogen functional groups attached to an aromatic ring is 1. The Balaban J connectivity index is 2.57. The van der Waals surface area contributed by atoms with Crippen LogP contribution < -0.4 is 10.6 Å². The number of hydrogen-bond acceptors (Lipinski definition) is 5. The van der Waals surface area contributed by atoms with E-state index < -0.39 is 0 Å². The zero-order chi connectivity index (χ0) is 13.8. The zero-order valence-electron chi connectivity index (χ0n) is 11.0. The lowest BCUT2D eigenvalue weighted by Crippen LogP contribution is -2.23. The standard InChI is InChI=1S/C13H16N6/c1-3-18(4-2)13-10(9-14)12(15)19(17-13)11-7-5-6-8-16-11/h5-8H,3-4,15H2,1-2H3. The zero-order valence-corrected chi connectivity index (χ0v) is 11.0. The molecule has 0 fully saturated rings. The van der Waals surface area contributed by atoms with Crippen LogP contribution in [0.3, 0.4) is 0 Å². The van der Waals surface area contributed by atoms with Crippen LogP contribution in [0.1, 0.15) is 19.4 Å². The summed E-state index contributed by atoms with van der Waals surface area (Å²) in [5.41, 5.74) is 6.40. The maximum absolute atomic E-state index is 9.27. The summed E-state index contributed by atoms with van der Waals surface area (Å²) in [6.07, 6.45) is 1.67. The Bertz CT molecular complexity index is 592. The Labute approximate surface area is 112 Å². The van der Waals surface area contributed by atoms with Crippen molar-refractivity contribution < 1.29 is 0 Å². The van der Waals surface area contributed by atoms with Gasteiger partial charge in [-0.2, -0.15) is 9.94 Å². The van der Waals surface area contributed by atoms with Gasteiger partial charge in [-0.1, -0.05) is 6.07 Å². The summed E-state index contributed by atoms with van der Waals surface area (Å²) in [4.78, 5) is 6.20. The van der Waals surface area contributed by atoms with Crippen LogP contribution in [-0.4, -0.2) is 27.9 Å². The molecule has 2 heterocycles. The number of hydrogen-bond donors (Lipinski definition) is 1. The van der Waals surface area contributed by atoms with Gasteiger partial charge < -0.3 is 10.6 Å². The molecule has 6 nitrogen and oxygen atoms in total. The largest absolute Gasteiger partial charge is 0.382 e. The molecule has 98 valence electrons. The van der Waals surface area contributed by atoms with Crippen LogP contribution in [-0.2, 0) is 0 Å². The molecule has 19 heavy (non-hydrogen) atoms. The smallest absolute Gasteiger partial charge is 0.171 e. The third-order valence-electron chi connectivity index (χ3n) is 2.94. The molecule has 0 aliphatic heterocycles. The normalized spacial score (nSPS) is 10.2. The molecule has 0 unspecified atom stereocenters. The van der Waals surface area contributed by atoms with Gasteiger partial charge in [0.05, 0.1) is 0 Å². The van der Waals surface area contributed by atoms with E-state index in [-0.39, 0.29) is 0 Å². The van der Waals surface area contributed by atoms with Crippen molar-refractivity contribution in [2.45, 2.75) is 13.8 Å². The quantitative estimate of drug-likeness (QED) is 0.897. The molecule has 0 aliphatic rings. The van der Waals surface area contributed by atoms with E-state index in [0.29, 0.717) is 23.0 Å². The molecule has 0 saturated carbocycles.